The van der Waals surface area contributed by atoms with E-state index in [1.165, 1.54) is 6.42 Å². The van der Waals surface area contributed by atoms with Crippen molar-refractivity contribution in [2.45, 2.75) is 57.4 Å². The third-order valence-electron chi connectivity index (χ3n) is 5.78. The van der Waals surface area contributed by atoms with Crippen molar-refractivity contribution in [2.75, 3.05) is 7.11 Å². The van der Waals surface area contributed by atoms with Crippen molar-refractivity contribution >= 4 is 5.91 Å². The average molecular weight is 369 g/mol. The molecule has 6 heteroatoms. The van der Waals surface area contributed by atoms with E-state index in [-0.39, 0.29) is 24.2 Å². The molecule has 2 fully saturated rings. The minimum Gasteiger partial charge on any atom is -0.496 e. The lowest BCUT2D eigenvalue weighted by Crippen LogP contribution is -2.47. The van der Waals surface area contributed by atoms with E-state index in [0.29, 0.717) is 12.5 Å². The van der Waals surface area contributed by atoms with Crippen molar-refractivity contribution in [3.05, 3.63) is 47.8 Å². The van der Waals surface area contributed by atoms with E-state index in [0.717, 1.165) is 36.1 Å². The van der Waals surface area contributed by atoms with E-state index in [4.69, 9.17) is 9.47 Å². The summed E-state index contributed by atoms with van der Waals surface area (Å²) in [6, 6.07) is 8.34. The molecule has 1 aromatic heterocycles. The second kappa shape index (κ2) is 7.72. The Kier molecular flexibility index (Phi) is 5.16. The Balaban J connectivity index is 1.59. The molecule has 2 aromatic rings. The van der Waals surface area contributed by atoms with Crippen LogP contribution in [-0.4, -0.2) is 34.9 Å². The lowest BCUT2D eigenvalue weighted by molar-refractivity contribution is -0.124. The maximum Gasteiger partial charge on any atom is 0.217 e. The Morgan fingerprint density at radius 2 is 2.30 bits per heavy atom. The zero-order chi connectivity index (χ0) is 18.8. The highest BCUT2D eigenvalue weighted by Crippen LogP contribution is 2.43. The molecule has 1 amide bonds. The van der Waals surface area contributed by atoms with E-state index in [1.54, 1.807) is 20.2 Å². The number of carbonyl (C=O) groups excluding carboxylic acids is 1. The van der Waals surface area contributed by atoms with E-state index >= 15 is 0 Å². The van der Waals surface area contributed by atoms with Crippen LogP contribution in [0.25, 0.3) is 0 Å². The fourth-order valence-electron chi connectivity index (χ4n) is 4.59. The molecule has 1 aromatic carbocycles. The minimum absolute atomic E-state index is 0.0107. The van der Waals surface area contributed by atoms with Crippen LogP contribution in [0.2, 0.25) is 0 Å². The maximum absolute atomic E-state index is 11.7. The van der Waals surface area contributed by atoms with Gasteiger partial charge in [-0.15, -0.1) is 0 Å². The lowest BCUT2D eigenvalue weighted by Gasteiger charge is -2.39. The zero-order valence-corrected chi connectivity index (χ0v) is 15.9. The van der Waals surface area contributed by atoms with Gasteiger partial charge < -0.3 is 14.8 Å². The van der Waals surface area contributed by atoms with E-state index in [2.05, 4.69) is 22.5 Å². The Morgan fingerprint density at radius 3 is 3.04 bits per heavy atom. The first-order valence-corrected chi connectivity index (χ1v) is 9.71. The molecule has 0 bridgehead atoms. The van der Waals surface area contributed by atoms with Gasteiger partial charge in [0, 0.05) is 36.8 Å². The van der Waals surface area contributed by atoms with Crippen LogP contribution in [-0.2, 0) is 16.1 Å². The standard InChI is InChI=1S/C21H27N3O3/c1-14(25)23-18-12-21(27-20-6-3-5-17(18)20)15-7-8-19(26-2)16(11-15)13-24-10-4-9-22-24/h4,7-11,17-18,20-21H,3,5-6,12-13H2,1-2H3,(H,23,25)/t17-,18+,20+,21+/m0/s1. The summed E-state index contributed by atoms with van der Waals surface area (Å²) in [6.45, 7) is 2.25. The highest BCUT2D eigenvalue weighted by atomic mass is 16.5. The first-order chi connectivity index (χ1) is 13.1. The molecule has 1 N–H and O–H groups in total. The highest BCUT2D eigenvalue weighted by molar-refractivity contribution is 5.73. The monoisotopic (exact) mass is 369 g/mol. The number of nitrogens with one attached hydrogen (secondary N) is 1. The molecule has 1 aliphatic heterocycles. The fourth-order valence-corrected chi connectivity index (χ4v) is 4.59. The second-order valence-electron chi connectivity index (χ2n) is 7.58. The van der Waals surface area contributed by atoms with Crippen molar-refractivity contribution in [1.82, 2.24) is 15.1 Å². The molecule has 27 heavy (non-hydrogen) atoms. The lowest BCUT2D eigenvalue weighted by atomic mass is 9.86. The summed E-state index contributed by atoms with van der Waals surface area (Å²) in [4.78, 5) is 11.7. The molecule has 144 valence electrons. The predicted molar refractivity (Wildman–Crippen MR) is 101 cm³/mol. The van der Waals surface area contributed by atoms with Gasteiger partial charge in [-0.3, -0.25) is 9.48 Å². The van der Waals surface area contributed by atoms with Gasteiger partial charge in [0.2, 0.25) is 5.91 Å². The molecule has 6 nitrogen and oxygen atoms in total. The Labute approximate surface area is 159 Å². The van der Waals surface area contributed by atoms with Crippen LogP contribution in [0.3, 0.4) is 0 Å². The molecule has 4 rings (SSSR count). The van der Waals surface area contributed by atoms with Crippen LogP contribution >= 0.6 is 0 Å². The number of carbonyl (C=O) groups is 1. The van der Waals surface area contributed by atoms with E-state index in [9.17, 15) is 4.79 Å². The van der Waals surface area contributed by atoms with Gasteiger partial charge in [0.1, 0.15) is 5.75 Å². The summed E-state index contributed by atoms with van der Waals surface area (Å²) in [6.07, 6.45) is 8.14. The minimum atomic E-state index is -0.0107. The molecule has 0 radical (unpaired) electrons. The van der Waals surface area contributed by atoms with Gasteiger partial charge in [-0.25, -0.2) is 0 Å². The number of ether oxygens (including phenoxy) is 2. The van der Waals surface area contributed by atoms with Gasteiger partial charge in [-0.1, -0.05) is 12.5 Å². The number of rotatable bonds is 5. The smallest absolute Gasteiger partial charge is 0.217 e. The molecular weight excluding hydrogens is 342 g/mol. The van der Waals surface area contributed by atoms with Gasteiger partial charge in [0.05, 0.1) is 25.9 Å². The van der Waals surface area contributed by atoms with Gasteiger partial charge in [0.15, 0.2) is 0 Å². The maximum atomic E-state index is 11.7. The third-order valence-corrected chi connectivity index (χ3v) is 5.78. The SMILES string of the molecule is COc1ccc([C@H]2C[C@@H](NC(C)=O)[C@@H]3CCC[C@H]3O2)cc1Cn1cccn1. The molecule has 1 aliphatic carbocycles. The first-order valence-electron chi connectivity index (χ1n) is 9.71. The summed E-state index contributed by atoms with van der Waals surface area (Å²) in [7, 11) is 1.69. The molecule has 1 saturated heterocycles. The number of aromatic nitrogens is 2. The van der Waals surface area contributed by atoms with E-state index < -0.39 is 0 Å². The summed E-state index contributed by atoms with van der Waals surface area (Å²) in [5.74, 6) is 1.33. The van der Waals surface area contributed by atoms with Gasteiger partial charge in [-0.05, 0) is 43.0 Å². The van der Waals surface area contributed by atoms with Crippen LogP contribution < -0.4 is 10.1 Å². The summed E-state index contributed by atoms with van der Waals surface area (Å²) < 4.78 is 13.9. The number of fused-ring (bicyclic) bond motifs is 1. The topological polar surface area (TPSA) is 65.4 Å². The zero-order valence-electron chi connectivity index (χ0n) is 15.9. The number of nitrogens with zero attached hydrogens (tertiary/aromatic N) is 2. The fraction of sp³-hybridized carbons (Fsp3) is 0.524. The number of benzene rings is 1. The van der Waals surface area contributed by atoms with Gasteiger partial charge >= 0.3 is 0 Å². The van der Waals surface area contributed by atoms with Crippen LogP contribution in [0.4, 0.5) is 0 Å². The van der Waals surface area contributed by atoms with Crippen LogP contribution in [0, 0.1) is 5.92 Å². The Morgan fingerprint density at radius 1 is 1.41 bits per heavy atom. The normalized spacial score (nSPS) is 27.2. The Bertz CT molecular complexity index is 790. The number of hydrogen-bond acceptors (Lipinski definition) is 4. The van der Waals surface area contributed by atoms with E-state index in [1.807, 2.05) is 23.0 Å². The van der Waals surface area contributed by atoms with Crippen molar-refractivity contribution in [3.63, 3.8) is 0 Å². The molecular formula is C21H27N3O3. The Hall–Kier alpha value is -2.34. The number of hydrogen-bond donors (Lipinski definition) is 1. The first kappa shape index (κ1) is 18.0. The van der Waals surface area contributed by atoms with Crippen LogP contribution in [0.1, 0.15) is 49.8 Å². The summed E-state index contributed by atoms with van der Waals surface area (Å²) in [5, 5.41) is 7.47. The van der Waals surface area contributed by atoms with Crippen molar-refractivity contribution in [1.29, 1.82) is 0 Å². The molecule has 0 spiro atoms. The quantitative estimate of drug-likeness (QED) is 0.880. The van der Waals surface area contributed by atoms with Crippen molar-refractivity contribution in [3.8, 4) is 5.75 Å². The third kappa shape index (κ3) is 3.86. The van der Waals surface area contributed by atoms with Crippen LogP contribution in [0.15, 0.2) is 36.7 Å². The largest absolute Gasteiger partial charge is 0.496 e. The van der Waals surface area contributed by atoms with Gasteiger partial charge in [0.25, 0.3) is 0 Å². The predicted octanol–water partition coefficient (Wildman–Crippen LogP) is 3.07. The highest BCUT2D eigenvalue weighted by Gasteiger charge is 2.42. The number of amides is 1. The summed E-state index contributed by atoms with van der Waals surface area (Å²) >= 11 is 0. The molecule has 0 unspecified atom stereocenters. The van der Waals surface area contributed by atoms with Crippen molar-refractivity contribution in [2.24, 2.45) is 5.92 Å². The molecule has 1 saturated carbocycles. The molecule has 4 atom stereocenters. The van der Waals surface area contributed by atoms with Crippen molar-refractivity contribution < 1.29 is 14.3 Å². The van der Waals surface area contributed by atoms with Crippen LogP contribution in [0.5, 0.6) is 5.75 Å². The molecule has 2 aliphatic rings. The molecule has 2 heterocycles. The number of methoxy groups -OCH3 is 1. The van der Waals surface area contributed by atoms with Gasteiger partial charge in [-0.2, -0.15) is 5.10 Å². The summed E-state index contributed by atoms with van der Waals surface area (Å²) in [5.41, 5.74) is 2.21. The second-order valence-corrected chi connectivity index (χ2v) is 7.58. The average Bonchev–Trinajstić information content (AvgIpc) is 3.32.